The summed E-state index contributed by atoms with van der Waals surface area (Å²) in [6.45, 7) is 1.37. The fourth-order valence-corrected chi connectivity index (χ4v) is 6.21. The van der Waals surface area contributed by atoms with Crippen LogP contribution in [0.25, 0.3) is 22.9 Å². The molecule has 4 aromatic rings. The number of benzene rings is 2. The maximum Gasteiger partial charge on any atom is 0.411 e. The summed E-state index contributed by atoms with van der Waals surface area (Å²) in [5, 5.41) is 26.4. The minimum absolute atomic E-state index is 0.139. The highest BCUT2D eigenvalue weighted by molar-refractivity contribution is 6.32. The molecule has 13 nitrogen and oxygen atoms in total. The van der Waals surface area contributed by atoms with Crippen LogP contribution in [-0.4, -0.2) is 73.4 Å². The van der Waals surface area contributed by atoms with Crippen LogP contribution in [0.1, 0.15) is 49.4 Å². The average Bonchev–Trinajstić information content (AvgIpc) is 3.81. The van der Waals surface area contributed by atoms with Gasteiger partial charge >= 0.3 is 6.09 Å². The Kier molecular flexibility index (Phi) is 10.3. The summed E-state index contributed by atoms with van der Waals surface area (Å²) in [5.74, 6) is 0.149. The molecule has 1 aliphatic carbocycles. The molecule has 2 atom stereocenters. The molecule has 1 saturated heterocycles. The van der Waals surface area contributed by atoms with Crippen molar-refractivity contribution in [3.05, 3.63) is 82.4 Å². The number of anilines is 1. The summed E-state index contributed by atoms with van der Waals surface area (Å²) in [5.41, 5.74) is 3.71. The summed E-state index contributed by atoms with van der Waals surface area (Å²) in [4.78, 5) is 40.0. The van der Waals surface area contributed by atoms with E-state index in [9.17, 15) is 14.4 Å². The van der Waals surface area contributed by atoms with E-state index in [1.54, 1.807) is 48.5 Å². The third kappa shape index (κ3) is 8.15. The number of likely N-dealkylation sites (tertiary alicyclic amines) is 1. The van der Waals surface area contributed by atoms with Gasteiger partial charge in [0.15, 0.2) is 5.15 Å². The molecular formula is C33H33Cl2N9O4. The number of amides is 3. The van der Waals surface area contributed by atoms with E-state index in [1.807, 2.05) is 11.0 Å². The van der Waals surface area contributed by atoms with E-state index in [2.05, 4.69) is 41.1 Å². The Labute approximate surface area is 286 Å². The maximum absolute atomic E-state index is 13.5. The highest BCUT2D eigenvalue weighted by Gasteiger charge is 2.36. The van der Waals surface area contributed by atoms with Gasteiger partial charge in [0.25, 0.3) is 0 Å². The first-order chi connectivity index (χ1) is 23.3. The van der Waals surface area contributed by atoms with Crippen LogP contribution >= 0.6 is 23.2 Å². The van der Waals surface area contributed by atoms with Crippen LogP contribution < -0.4 is 10.6 Å². The van der Waals surface area contributed by atoms with Crippen LogP contribution in [0.2, 0.25) is 10.2 Å². The zero-order valence-electron chi connectivity index (χ0n) is 26.1. The van der Waals surface area contributed by atoms with Crippen molar-refractivity contribution >= 4 is 52.9 Å². The van der Waals surface area contributed by atoms with Crippen LogP contribution in [0.4, 0.5) is 10.5 Å². The van der Waals surface area contributed by atoms with Crippen molar-refractivity contribution in [1.29, 1.82) is 0 Å². The highest BCUT2D eigenvalue weighted by Crippen LogP contribution is 2.35. The second-order valence-corrected chi connectivity index (χ2v) is 12.6. The molecule has 1 saturated carbocycles. The van der Waals surface area contributed by atoms with Gasteiger partial charge in [-0.1, -0.05) is 35.3 Å². The predicted molar refractivity (Wildman–Crippen MR) is 179 cm³/mol. The number of hydrogen-bond acceptors (Lipinski definition) is 9. The number of halogens is 2. The second kappa shape index (κ2) is 14.9. The molecule has 0 spiro atoms. The fraction of sp³-hybridized carbons (Fsp3) is 0.333. The lowest BCUT2D eigenvalue weighted by molar-refractivity contribution is -0.134. The zero-order valence-corrected chi connectivity index (χ0v) is 27.6. The number of nitrogens with one attached hydrogen (secondary N) is 2. The summed E-state index contributed by atoms with van der Waals surface area (Å²) in [6, 6.07) is 13.5. The molecule has 0 bridgehead atoms. The lowest BCUT2D eigenvalue weighted by Crippen LogP contribution is -2.42. The van der Waals surface area contributed by atoms with E-state index in [-0.39, 0.29) is 28.8 Å². The van der Waals surface area contributed by atoms with Crippen molar-refractivity contribution in [2.24, 2.45) is 11.8 Å². The number of tetrazole rings is 1. The zero-order chi connectivity index (χ0) is 33.6. The molecule has 1 aliphatic heterocycles. The Morgan fingerprint density at radius 3 is 2.60 bits per heavy atom. The number of aromatic nitrogens is 6. The molecule has 6 rings (SSSR count). The van der Waals surface area contributed by atoms with Crippen molar-refractivity contribution in [3.63, 3.8) is 0 Å². The molecule has 0 radical (unpaired) electrons. The predicted octanol–water partition coefficient (Wildman–Crippen LogP) is 5.51. The maximum atomic E-state index is 13.5. The van der Waals surface area contributed by atoms with Crippen molar-refractivity contribution < 1.29 is 19.1 Å². The molecule has 248 valence electrons. The van der Waals surface area contributed by atoms with Gasteiger partial charge in [-0.15, -0.1) is 10.2 Å². The number of methoxy groups -OCH3 is 1. The van der Waals surface area contributed by atoms with E-state index in [4.69, 9.17) is 23.2 Å². The molecule has 2 aromatic carbocycles. The Balaban J connectivity index is 1.26. The monoisotopic (exact) mass is 689 g/mol. The van der Waals surface area contributed by atoms with E-state index < -0.39 is 12.1 Å². The van der Waals surface area contributed by atoms with Crippen LogP contribution in [0.15, 0.2) is 60.9 Å². The number of carbonyl (C=O) groups is 3. The number of rotatable bonds is 10. The van der Waals surface area contributed by atoms with E-state index in [0.29, 0.717) is 46.2 Å². The van der Waals surface area contributed by atoms with Crippen LogP contribution in [0, 0.1) is 11.8 Å². The molecule has 2 N–H and O–H groups in total. The molecule has 2 unspecified atom stereocenters. The van der Waals surface area contributed by atoms with E-state index in [1.165, 1.54) is 24.2 Å². The van der Waals surface area contributed by atoms with Crippen LogP contribution in [0.3, 0.4) is 0 Å². The standard InChI is InChI=1S/C33H33Cl2N9O4/c1-48-33(47)37-25-10-6-21(7-11-25)26-17-28(39-40-31(26)35)27(15-20-3-2-14-43(18-20)32(46)22-4-5-22)38-30(45)13-8-23-16-24(34)9-12-29(23)44-19-36-41-42-44/h6-13,16-17,19-20,22,27H,2-5,14-15,18H2,1H3,(H,37,47)(H,38,45)/b13-8+. The normalized spacial score (nSPS) is 16.8. The minimum atomic E-state index is -0.580. The minimum Gasteiger partial charge on any atom is -0.453 e. The van der Waals surface area contributed by atoms with E-state index >= 15 is 0 Å². The van der Waals surface area contributed by atoms with Gasteiger partial charge in [-0.2, -0.15) is 9.78 Å². The number of ether oxygens (including phenoxy) is 1. The summed E-state index contributed by atoms with van der Waals surface area (Å²) < 4.78 is 6.15. The van der Waals surface area contributed by atoms with E-state index in [0.717, 1.165) is 37.8 Å². The summed E-state index contributed by atoms with van der Waals surface area (Å²) in [6.07, 6.45) is 8.20. The van der Waals surface area contributed by atoms with Crippen LogP contribution in [-0.2, 0) is 14.3 Å². The Morgan fingerprint density at radius 1 is 1.06 bits per heavy atom. The van der Waals surface area contributed by atoms with Crippen molar-refractivity contribution in [3.8, 4) is 16.8 Å². The van der Waals surface area contributed by atoms with Gasteiger partial charge in [0.2, 0.25) is 11.8 Å². The molecule has 2 aromatic heterocycles. The van der Waals surface area contributed by atoms with Gasteiger partial charge in [0, 0.05) is 46.9 Å². The molecule has 48 heavy (non-hydrogen) atoms. The largest absolute Gasteiger partial charge is 0.453 e. The lowest BCUT2D eigenvalue weighted by atomic mass is 9.89. The van der Waals surface area contributed by atoms with Gasteiger partial charge in [-0.25, -0.2) is 4.79 Å². The molecule has 3 heterocycles. The Bertz CT molecular complexity index is 1810. The first-order valence-corrected chi connectivity index (χ1v) is 16.3. The third-order valence-corrected chi connectivity index (χ3v) is 8.91. The summed E-state index contributed by atoms with van der Waals surface area (Å²) >= 11 is 12.8. The second-order valence-electron chi connectivity index (χ2n) is 11.8. The number of hydrogen-bond donors (Lipinski definition) is 2. The molecule has 2 aliphatic rings. The molecule has 15 heteroatoms. The van der Waals surface area contributed by atoms with Gasteiger partial charge in [-0.05, 0) is 96.5 Å². The molecule has 3 amide bonds. The Hall–Kier alpha value is -4.88. The quantitative estimate of drug-likeness (QED) is 0.205. The number of nitrogens with zero attached hydrogens (tertiary/aromatic N) is 7. The van der Waals surface area contributed by atoms with Gasteiger partial charge in [0.05, 0.1) is 24.5 Å². The van der Waals surface area contributed by atoms with Gasteiger partial charge in [-0.3, -0.25) is 14.9 Å². The smallest absolute Gasteiger partial charge is 0.411 e. The van der Waals surface area contributed by atoms with Crippen molar-refractivity contribution in [2.75, 3.05) is 25.5 Å². The van der Waals surface area contributed by atoms with Gasteiger partial charge < -0.3 is 15.0 Å². The number of piperidine rings is 1. The third-order valence-electron chi connectivity index (χ3n) is 8.39. The average molecular weight is 691 g/mol. The Morgan fingerprint density at radius 2 is 1.88 bits per heavy atom. The number of carbonyl (C=O) groups excluding carboxylic acids is 3. The summed E-state index contributed by atoms with van der Waals surface area (Å²) in [7, 11) is 1.29. The highest BCUT2D eigenvalue weighted by atomic mass is 35.5. The SMILES string of the molecule is COC(=O)Nc1ccc(-c2cc(C(CC3CCCN(C(=O)C4CC4)C3)NC(=O)/C=C/c3cc(Cl)ccc3-n3cnnn3)nnc2Cl)cc1. The molecular weight excluding hydrogens is 657 g/mol. The van der Waals surface area contributed by atoms with Crippen molar-refractivity contribution in [2.45, 2.75) is 38.1 Å². The topological polar surface area (TPSA) is 157 Å². The van der Waals surface area contributed by atoms with Crippen LogP contribution in [0.5, 0.6) is 0 Å². The first-order valence-electron chi connectivity index (χ1n) is 15.6. The van der Waals surface area contributed by atoms with Crippen molar-refractivity contribution in [1.82, 2.24) is 40.6 Å². The lowest BCUT2D eigenvalue weighted by Gasteiger charge is -2.34. The molecule has 2 fully saturated rings. The first kappa shape index (κ1) is 33.0. The fourth-order valence-electron chi connectivity index (χ4n) is 5.82. The van der Waals surface area contributed by atoms with Gasteiger partial charge in [0.1, 0.15) is 6.33 Å².